The van der Waals surface area contributed by atoms with E-state index in [4.69, 9.17) is 9.84 Å². The van der Waals surface area contributed by atoms with Gasteiger partial charge in [0.25, 0.3) is 0 Å². The van der Waals surface area contributed by atoms with Crippen LogP contribution in [0.2, 0.25) is 0 Å². The molecule has 0 spiro atoms. The van der Waals surface area contributed by atoms with Crippen molar-refractivity contribution in [1.29, 1.82) is 0 Å². The van der Waals surface area contributed by atoms with Crippen molar-refractivity contribution < 1.29 is 19.4 Å². The third kappa shape index (κ3) is 2.65. The van der Waals surface area contributed by atoms with Crippen LogP contribution in [0.1, 0.15) is 23.6 Å². The molecular formula is C12H14N2O4. The van der Waals surface area contributed by atoms with Gasteiger partial charge < -0.3 is 15.2 Å². The molecule has 1 unspecified atom stereocenters. The van der Waals surface area contributed by atoms with E-state index in [1.54, 1.807) is 6.07 Å². The first-order chi connectivity index (χ1) is 8.58. The lowest BCUT2D eigenvalue weighted by Gasteiger charge is -2.12. The van der Waals surface area contributed by atoms with Crippen molar-refractivity contribution in [1.82, 2.24) is 4.98 Å². The zero-order valence-electron chi connectivity index (χ0n) is 9.97. The Hall–Kier alpha value is -1.95. The van der Waals surface area contributed by atoms with Crippen LogP contribution in [0.5, 0.6) is 0 Å². The Kier molecular flexibility index (Phi) is 3.57. The molecule has 1 aliphatic heterocycles. The average Bonchev–Trinajstić information content (AvgIpc) is 2.85. The van der Waals surface area contributed by atoms with E-state index in [9.17, 15) is 9.59 Å². The predicted molar refractivity (Wildman–Crippen MR) is 63.4 cm³/mol. The molecule has 96 valence electrons. The standard InChI is InChI=1S/C12H14N2O4/c1-7-10(8-2-3-18-6-8)4-9(5-13-7)14-11(15)12(16)17/h4-5,8H,2-3,6H2,1H3,(H,14,15)(H,16,17). The van der Waals surface area contributed by atoms with Gasteiger partial charge in [0.05, 0.1) is 18.5 Å². The molecule has 1 aromatic heterocycles. The molecule has 0 bridgehead atoms. The smallest absolute Gasteiger partial charge is 0.394 e. The summed E-state index contributed by atoms with van der Waals surface area (Å²) in [6, 6.07) is 1.77. The fourth-order valence-corrected chi connectivity index (χ4v) is 2.00. The van der Waals surface area contributed by atoms with E-state index in [1.165, 1.54) is 6.20 Å². The SMILES string of the molecule is Cc1ncc(NC(=O)C(=O)O)cc1C1CCOC1. The second kappa shape index (κ2) is 5.14. The van der Waals surface area contributed by atoms with E-state index in [0.717, 1.165) is 24.3 Å². The Balaban J connectivity index is 2.20. The number of amides is 1. The maximum atomic E-state index is 11.1. The number of carbonyl (C=O) groups excluding carboxylic acids is 1. The van der Waals surface area contributed by atoms with Crippen LogP contribution in [-0.4, -0.2) is 35.2 Å². The molecule has 2 heterocycles. The highest BCUT2D eigenvalue weighted by Gasteiger charge is 2.21. The highest BCUT2D eigenvalue weighted by Crippen LogP contribution is 2.28. The fraction of sp³-hybridized carbons (Fsp3) is 0.417. The Labute approximate surface area is 104 Å². The normalized spacial score (nSPS) is 18.6. The van der Waals surface area contributed by atoms with Crippen molar-refractivity contribution in [2.24, 2.45) is 0 Å². The molecule has 0 radical (unpaired) electrons. The number of carboxylic acids is 1. The number of pyridine rings is 1. The highest BCUT2D eigenvalue weighted by molar-refractivity contribution is 6.36. The van der Waals surface area contributed by atoms with Gasteiger partial charge in [0, 0.05) is 18.2 Å². The van der Waals surface area contributed by atoms with Gasteiger partial charge in [-0.15, -0.1) is 0 Å². The zero-order valence-corrected chi connectivity index (χ0v) is 9.97. The van der Waals surface area contributed by atoms with Gasteiger partial charge in [0.15, 0.2) is 0 Å². The molecule has 6 heteroatoms. The summed E-state index contributed by atoms with van der Waals surface area (Å²) in [7, 11) is 0. The lowest BCUT2D eigenvalue weighted by atomic mass is 9.97. The molecule has 0 saturated carbocycles. The highest BCUT2D eigenvalue weighted by atomic mass is 16.5. The number of aromatic nitrogens is 1. The van der Waals surface area contributed by atoms with Crippen molar-refractivity contribution in [2.45, 2.75) is 19.3 Å². The molecule has 2 rings (SSSR count). The van der Waals surface area contributed by atoms with Gasteiger partial charge in [0.2, 0.25) is 0 Å². The Morgan fingerprint density at radius 3 is 2.94 bits per heavy atom. The molecule has 0 aromatic carbocycles. The largest absolute Gasteiger partial charge is 0.474 e. The van der Waals surface area contributed by atoms with Crippen LogP contribution in [0.15, 0.2) is 12.3 Å². The number of anilines is 1. The molecule has 1 aromatic rings. The number of hydrogen-bond donors (Lipinski definition) is 2. The van der Waals surface area contributed by atoms with Crippen LogP contribution in [-0.2, 0) is 14.3 Å². The van der Waals surface area contributed by atoms with E-state index < -0.39 is 11.9 Å². The molecule has 0 aliphatic carbocycles. The topological polar surface area (TPSA) is 88.5 Å². The number of carboxylic acid groups (broad SMARTS) is 1. The second-order valence-corrected chi connectivity index (χ2v) is 4.22. The van der Waals surface area contributed by atoms with Gasteiger partial charge in [-0.1, -0.05) is 0 Å². The van der Waals surface area contributed by atoms with Gasteiger partial charge in [-0.3, -0.25) is 9.78 Å². The van der Waals surface area contributed by atoms with E-state index in [2.05, 4.69) is 10.3 Å². The van der Waals surface area contributed by atoms with Crippen LogP contribution < -0.4 is 5.32 Å². The van der Waals surface area contributed by atoms with E-state index in [0.29, 0.717) is 12.3 Å². The van der Waals surface area contributed by atoms with Gasteiger partial charge in [-0.2, -0.15) is 0 Å². The van der Waals surface area contributed by atoms with Gasteiger partial charge in [-0.05, 0) is 25.0 Å². The molecule has 1 saturated heterocycles. The van der Waals surface area contributed by atoms with E-state index >= 15 is 0 Å². The minimum Gasteiger partial charge on any atom is -0.474 e. The Morgan fingerprint density at radius 1 is 1.56 bits per heavy atom. The number of aliphatic carboxylic acids is 1. The molecular weight excluding hydrogens is 236 g/mol. The number of nitrogens with one attached hydrogen (secondary N) is 1. The minimum absolute atomic E-state index is 0.263. The lowest BCUT2D eigenvalue weighted by Crippen LogP contribution is -2.22. The van der Waals surface area contributed by atoms with Crippen molar-refractivity contribution in [3.05, 3.63) is 23.5 Å². The van der Waals surface area contributed by atoms with Crippen LogP contribution in [0.4, 0.5) is 5.69 Å². The van der Waals surface area contributed by atoms with Crippen molar-refractivity contribution in [3.8, 4) is 0 Å². The van der Waals surface area contributed by atoms with E-state index in [-0.39, 0.29) is 5.92 Å². The summed E-state index contributed by atoms with van der Waals surface area (Å²) in [4.78, 5) is 25.7. The number of carbonyl (C=O) groups is 2. The number of ether oxygens (including phenoxy) is 1. The van der Waals surface area contributed by atoms with Crippen LogP contribution in [0.25, 0.3) is 0 Å². The maximum Gasteiger partial charge on any atom is 0.394 e. The Bertz CT molecular complexity index is 481. The quantitative estimate of drug-likeness (QED) is 0.762. The lowest BCUT2D eigenvalue weighted by molar-refractivity contribution is -0.147. The Morgan fingerprint density at radius 2 is 2.33 bits per heavy atom. The number of nitrogens with zero attached hydrogens (tertiary/aromatic N) is 1. The summed E-state index contributed by atoms with van der Waals surface area (Å²) in [5, 5.41) is 10.8. The van der Waals surface area contributed by atoms with Gasteiger partial charge >= 0.3 is 11.9 Å². The number of aryl methyl sites for hydroxylation is 1. The molecule has 1 amide bonds. The molecule has 1 atom stereocenters. The molecule has 1 aliphatic rings. The first-order valence-electron chi connectivity index (χ1n) is 5.66. The number of hydrogen-bond acceptors (Lipinski definition) is 4. The third-order valence-corrected chi connectivity index (χ3v) is 2.95. The molecule has 2 N–H and O–H groups in total. The first-order valence-corrected chi connectivity index (χ1v) is 5.66. The molecule has 1 fully saturated rings. The summed E-state index contributed by atoms with van der Waals surface area (Å²) < 4.78 is 5.32. The minimum atomic E-state index is -1.51. The summed E-state index contributed by atoms with van der Waals surface area (Å²) in [6.07, 6.45) is 2.37. The van der Waals surface area contributed by atoms with Gasteiger partial charge in [-0.25, -0.2) is 4.79 Å². The van der Waals surface area contributed by atoms with Crippen molar-refractivity contribution in [2.75, 3.05) is 18.5 Å². The zero-order chi connectivity index (χ0) is 13.1. The summed E-state index contributed by atoms with van der Waals surface area (Å²) in [6.45, 7) is 3.24. The van der Waals surface area contributed by atoms with Crippen LogP contribution in [0, 0.1) is 6.92 Å². The van der Waals surface area contributed by atoms with Crippen LogP contribution >= 0.6 is 0 Å². The number of rotatable bonds is 2. The van der Waals surface area contributed by atoms with Crippen molar-refractivity contribution in [3.63, 3.8) is 0 Å². The third-order valence-electron chi connectivity index (χ3n) is 2.95. The average molecular weight is 250 g/mol. The molecule has 6 nitrogen and oxygen atoms in total. The maximum absolute atomic E-state index is 11.1. The first kappa shape index (κ1) is 12.5. The van der Waals surface area contributed by atoms with Gasteiger partial charge in [0.1, 0.15) is 0 Å². The van der Waals surface area contributed by atoms with Crippen LogP contribution in [0.3, 0.4) is 0 Å². The summed E-state index contributed by atoms with van der Waals surface area (Å²) in [5.74, 6) is -2.31. The fourth-order valence-electron chi connectivity index (χ4n) is 2.00. The van der Waals surface area contributed by atoms with Crippen molar-refractivity contribution >= 4 is 17.6 Å². The van der Waals surface area contributed by atoms with E-state index in [1.807, 2.05) is 6.92 Å². The predicted octanol–water partition coefficient (Wildman–Crippen LogP) is 0.917. The summed E-state index contributed by atoms with van der Waals surface area (Å²) in [5.41, 5.74) is 2.27. The summed E-state index contributed by atoms with van der Waals surface area (Å²) >= 11 is 0. The molecule has 18 heavy (non-hydrogen) atoms. The second-order valence-electron chi connectivity index (χ2n) is 4.22. The monoisotopic (exact) mass is 250 g/mol.